The lowest BCUT2D eigenvalue weighted by molar-refractivity contribution is 0.254. The molecule has 0 unspecified atom stereocenters. The first-order valence-electron chi connectivity index (χ1n) is 11.5. The number of nitrogens with one attached hydrogen (secondary N) is 2. The van der Waals surface area contributed by atoms with Gasteiger partial charge in [-0.25, -0.2) is 15.0 Å². The molecule has 0 aliphatic carbocycles. The molecule has 4 rings (SSSR count). The second-order valence-corrected chi connectivity index (χ2v) is 8.17. The van der Waals surface area contributed by atoms with Crippen LogP contribution in [0.2, 0.25) is 0 Å². The summed E-state index contributed by atoms with van der Waals surface area (Å²) < 4.78 is 0. The number of benzene rings is 1. The fraction of sp³-hybridized carbons (Fsp3) is 0.417. The number of nitrogens with zero attached hydrogens (tertiary/aromatic N) is 7. The van der Waals surface area contributed by atoms with E-state index in [4.69, 9.17) is 0 Å². The summed E-state index contributed by atoms with van der Waals surface area (Å²) in [4.78, 5) is 27.9. The van der Waals surface area contributed by atoms with E-state index in [1.165, 1.54) is 0 Å². The Morgan fingerprint density at radius 2 is 1.79 bits per heavy atom. The van der Waals surface area contributed by atoms with Crippen LogP contribution in [0.4, 0.5) is 5.95 Å². The minimum atomic E-state index is 0. The van der Waals surface area contributed by atoms with Crippen molar-refractivity contribution in [2.24, 2.45) is 4.99 Å². The van der Waals surface area contributed by atoms with Crippen LogP contribution in [0, 0.1) is 0 Å². The van der Waals surface area contributed by atoms with Gasteiger partial charge in [-0.05, 0) is 24.6 Å². The third-order valence-corrected chi connectivity index (χ3v) is 5.82. The van der Waals surface area contributed by atoms with Gasteiger partial charge in [0.2, 0.25) is 5.95 Å². The van der Waals surface area contributed by atoms with Crippen LogP contribution >= 0.6 is 24.0 Å². The molecule has 3 aromatic rings. The van der Waals surface area contributed by atoms with Gasteiger partial charge in [0.25, 0.3) is 0 Å². The minimum absolute atomic E-state index is 0. The predicted molar refractivity (Wildman–Crippen MR) is 148 cm³/mol. The normalized spacial score (nSPS) is 14.5. The Kier molecular flexibility index (Phi) is 10.1. The van der Waals surface area contributed by atoms with E-state index in [1.807, 2.05) is 44.6 Å². The first kappa shape index (κ1) is 25.9. The summed E-state index contributed by atoms with van der Waals surface area (Å²) in [5.74, 6) is 2.62. The van der Waals surface area contributed by atoms with Gasteiger partial charge in [-0.2, -0.15) is 0 Å². The first-order valence-corrected chi connectivity index (χ1v) is 11.5. The molecule has 0 bridgehead atoms. The zero-order valence-corrected chi connectivity index (χ0v) is 22.2. The van der Waals surface area contributed by atoms with Crippen LogP contribution in [0.1, 0.15) is 12.2 Å². The maximum Gasteiger partial charge on any atom is 0.225 e. The van der Waals surface area contributed by atoms with E-state index >= 15 is 0 Å². The monoisotopic (exact) mass is 575 g/mol. The standard InChI is InChI=1S/C24H33N9.HI/c1-25-23(31(2)19-22-29-18-21(30-22)20-8-4-3-5-9-20)26-12-7-13-32-14-16-33(17-15-32)24-27-10-6-11-28-24;/h3-6,8-11,18H,7,12-17,19H2,1-2H3,(H,25,26)(H,29,30);1H. The third kappa shape index (κ3) is 7.13. The van der Waals surface area contributed by atoms with Gasteiger partial charge in [0.05, 0.1) is 18.4 Å². The second-order valence-electron chi connectivity index (χ2n) is 8.17. The molecule has 2 aromatic heterocycles. The highest BCUT2D eigenvalue weighted by Gasteiger charge is 2.18. The molecule has 0 saturated carbocycles. The molecule has 1 aliphatic heterocycles. The van der Waals surface area contributed by atoms with E-state index in [0.717, 1.165) is 74.7 Å². The minimum Gasteiger partial charge on any atom is -0.356 e. The zero-order chi connectivity index (χ0) is 22.9. The number of imidazole rings is 1. The lowest BCUT2D eigenvalue weighted by Crippen LogP contribution is -2.47. The molecule has 1 fully saturated rings. The lowest BCUT2D eigenvalue weighted by Gasteiger charge is -2.34. The Hall–Kier alpha value is -2.73. The van der Waals surface area contributed by atoms with Crippen molar-refractivity contribution in [3.63, 3.8) is 0 Å². The van der Waals surface area contributed by atoms with Crippen molar-refractivity contribution in [3.05, 3.63) is 60.8 Å². The van der Waals surface area contributed by atoms with E-state index in [2.05, 4.69) is 57.1 Å². The van der Waals surface area contributed by atoms with Gasteiger partial charge >= 0.3 is 0 Å². The predicted octanol–water partition coefficient (Wildman–Crippen LogP) is 2.70. The maximum absolute atomic E-state index is 4.54. The van der Waals surface area contributed by atoms with Gasteiger partial charge in [0, 0.05) is 59.2 Å². The number of anilines is 1. The molecule has 0 spiro atoms. The molecule has 0 amide bonds. The highest BCUT2D eigenvalue weighted by atomic mass is 127. The molecular formula is C24H34IN9. The van der Waals surface area contributed by atoms with Crippen molar-refractivity contribution >= 4 is 35.9 Å². The number of halogens is 1. The largest absolute Gasteiger partial charge is 0.356 e. The van der Waals surface area contributed by atoms with Crippen molar-refractivity contribution in [3.8, 4) is 11.3 Å². The van der Waals surface area contributed by atoms with Gasteiger partial charge in [-0.15, -0.1) is 24.0 Å². The average molecular weight is 576 g/mol. The Morgan fingerprint density at radius 1 is 1.06 bits per heavy atom. The summed E-state index contributed by atoms with van der Waals surface area (Å²) in [6, 6.07) is 12.1. The maximum atomic E-state index is 4.54. The lowest BCUT2D eigenvalue weighted by atomic mass is 10.2. The fourth-order valence-corrected chi connectivity index (χ4v) is 4.02. The van der Waals surface area contributed by atoms with Crippen LogP contribution in [0.25, 0.3) is 11.3 Å². The summed E-state index contributed by atoms with van der Waals surface area (Å²) in [6.45, 7) is 6.62. The van der Waals surface area contributed by atoms with E-state index < -0.39 is 0 Å². The van der Waals surface area contributed by atoms with Crippen molar-refractivity contribution in [2.45, 2.75) is 13.0 Å². The molecule has 3 heterocycles. The molecule has 1 aromatic carbocycles. The van der Waals surface area contributed by atoms with Gasteiger partial charge < -0.3 is 20.1 Å². The van der Waals surface area contributed by atoms with Gasteiger partial charge in [0.1, 0.15) is 5.82 Å². The molecule has 2 N–H and O–H groups in total. The van der Waals surface area contributed by atoms with E-state index in [0.29, 0.717) is 6.54 Å². The van der Waals surface area contributed by atoms with Crippen molar-refractivity contribution in [1.82, 2.24) is 35.1 Å². The Balaban J connectivity index is 0.00000324. The molecule has 0 atom stereocenters. The second kappa shape index (κ2) is 13.2. The summed E-state index contributed by atoms with van der Waals surface area (Å²) in [6.07, 6.45) is 6.56. The quantitative estimate of drug-likeness (QED) is 0.185. The van der Waals surface area contributed by atoms with Gasteiger partial charge in [0.15, 0.2) is 5.96 Å². The van der Waals surface area contributed by atoms with Gasteiger partial charge in [-0.3, -0.25) is 9.89 Å². The Labute approximate surface area is 218 Å². The van der Waals surface area contributed by atoms with Crippen LogP contribution < -0.4 is 10.2 Å². The van der Waals surface area contributed by atoms with E-state index in [9.17, 15) is 0 Å². The molecule has 1 aliphatic rings. The molecule has 0 radical (unpaired) electrons. The summed E-state index contributed by atoms with van der Waals surface area (Å²) in [7, 11) is 3.85. The van der Waals surface area contributed by atoms with Crippen LogP contribution in [-0.2, 0) is 6.54 Å². The molecular weight excluding hydrogens is 541 g/mol. The third-order valence-electron chi connectivity index (χ3n) is 5.82. The summed E-state index contributed by atoms with van der Waals surface area (Å²) in [5, 5.41) is 3.48. The zero-order valence-electron chi connectivity index (χ0n) is 19.9. The number of H-pyrrole nitrogens is 1. The number of piperazine rings is 1. The molecule has 9 nitrogen and oxygen atoms in total. The SMILES string of the molecule is CN=C(NCCCN1CCN(c2ncccn2)CC1)N(C)Cc1ncc(-c2ccccc2)[nH]1.I. The van der Waals surface area contributed by atoms with Crippen LogP contribution in [-0.4, -0.2) is 89.1 Å². The number of hydrogen-bond acceptors (Lipinski definition) is 6. The highest BCUT2D eigenvalue weighted by Crippen LogP contribution is 2.16. The summed E-state index contributed by atoms with van der Waals surface area (Å²) in [5.41, 5.74) is 2.17. The van der Waals surface area contributed by atoms with Crippen LogP contribution in [0.15, 0.2) is 60.0 Å². The highest BCUT2D eigenvalue weighted by molar-refractivity contribution is 14.0. The van der Waals surface area contributed by atoms with Crippen molar-refractivity contribution < 1.29 is 0 Å². The molecule has 10 heteroatoms. The van der Waals surface area contributed by atoms with Gasteiger partial charge in [-0.1, -0.05) is 30.3 Å². The van der Waals surface area contributed by atoms with Crippen molar-refractivity contribution in [1.29, 1.82) is 0 Å². The number of rotatable bonds is 8. The fourth-order valence-electron chi connectivity index (χ4n) is 4.02. The topological polar surface area (TPSA) is 88.6 Å². The van der Waals surface area contributed by atoms with Crippen LogP contribution in [0.5, 0.6) is 0 Å². The number of guanidine groups is 1. The Bertz CT molecular complexity index is 1000. The molecule has 182 valence electrons. The Morgan fingerprint density at radius 3 is 2.50 bits per heavy atom. The smallest absolute Gasteiger partial charge is 0.225 e. The number of aromatic nitrogens is 4. The number of hydrogen-bond donors (Lipinski definition) is 2. The van der Waals surface area contributed by atoms with Crippen LogP contribution in [0.3, 0.4) is 0 Å². The number of aromatic amines is 1. The average Bonchev–Trinajstić information content (AvgIpc) is 3.34. The van der Waals surface area contributed by atoms with E-state index in [1.54, 1.807) is 12.4 Å². The molecule has 1 saturated heterocycles. The van der Waals surface area contributed by atoms with Crippen molar-refractivity contribution in [2.75, 3.05) is 58.3 Å². The molecule has 34 heavy (non-hydrogen) atoms. The van der Waals surface area contributed by atoms with E-state index in [-0.39, 0.29) is 24.0 Å². The summed E-state index contributed by atoms with van der Waals surface area (Å²) >= 11 is 0. The number of aliphatic imine (C=N–C) groups is 1. The first-order chi connectivity index (χ1) is 16.2.